The quantitative estimate of drug-likeness (QED) is 0.920. The molecule has 3 heterocycles. The summed E-state index contributed by atoms with van der Waals surface area (Å²) in [6.07, 6.45) is 3.48. The Morgan fingerprint density at radius 2 is 2.44 bits per heavy atom. The molecule has 3 rings (SSSR count). The van der Waals surface area contributed by atoms with Crippen LogP contribution in [-0.2, 0) is 4.74 Å². The molecule has 0 radical (unpaired) electrons. The molecule has 6 nitrogen and oxygen atoms in total. The van der Waals surface area contributed by atoms with Crippen molar-refractivity contribution >= 4 is 22.4 Å². The number of carbonyl (C=O) groups excluding carboxylic acids is 1. The van der Waals surface area contributed by atoms with E-state index in [1.165, 1.54) is 17.6 Å². The minimum Gasteiger partial charge on any atom is -0.459 e. The molecule has 0 spiro atoms. The largest absolute Gasteiger partial charge is 0.459 e. The number of furan rings is 1. The number of amides is 1. The molecule has 0 unspecified atom stereocenters. The van der Waals surface area contributed by atoms with Crippen molar-refractivity contribution in [2.75, 3.05) is 11.9 Å². The normalized spacial score (nSPS) is 19.0. The topological polar surface area (TPSA) is 77.2 Å². The average Bonchev–Trinajstić information content (AvgIpc) is 3.12. The number of aromatic nitrogens is 2. The van der Waals surface area contributed by atoms with Gasteiger partial charge in [0.25, 0.3) is 5.91 Å². The smallest absolute Gasteiger partial charge is 0.293 e. The Morgan fingerprint density at radius 1 is 1.50 bits per heavy atom. The van der Waals surface area contributed by atoms with Crippen molar-refractivity contribution in [1.82, 2.24) is 10.2 Å². The summed E-state index contributed by atoms with van der Waals surface area (Å²) >= 11 is 1.33. The van der Waals surface area contributed by atoms with Gasteiger partial charge in [-0.15, -0.1) is 10.2 Å². The summed E-state index contributed by atoms with van der Waals surface area (Å²) in [5, 5.41) is 11.9. The first kappa shape index (κ1) is 11.4. The number of hydrogen-bond donors (Lipinski definition) is 1. The minimum absolute atomic E-state index is 0.0248. The maximum Gasteiger partial charge on any atom is 0.293 e. The van der Waals surface area contributed by atoms with Crippen LogP contribution >= 0.6 is 11.3 Å². The van der Waals surface area contributed by atoms with Gasteiger partial charge in [0, 0.05) is 6.61 Å². The minimum atomic E-state index is -0.324. The molecule has 2 aromatic rings. The van der Waals surface area contributed by atoms with Crippen molar-refractivity contribution in [3.8, 4) is 0 Å². The van der Waals surface area contributed by atoms with Crippen molar-refractivity contribution in [2.24, 2.45) is 0 Å². The summed E-state index contributed by atoms with van der Waals surface area (Å²) in [5.41, 5.74) is 0. The molecule has 1 saturated heterocycles. The van der Waals surface area contributed by atoms with Gasteiger partial charge in [0.2, 0.25) is 5.13 Å². The molecule has 1 atom stereocenters. The van der Waals surface area contributed by atoms with Gasteiger partial charge in [-0.3, -0.25) is 10.1 Å². The zero-order valence-corrected chi connectivity index (χ0v) is 10.3. The van der Waals surface area contributed by atoms with Gasteiger partial charge in [-0.2, -0.15) is 0 Å². The molecule has 1 amide bonds. The Hall–Kier alpha value is -1.73. The molecule has 94 valence electrons. The number of carbonyl (C=O) groups is 1. The molecule has 18 heavy (non-hydrogen) atoms. The maximum atomic E-state index is 11.7. The van der Waals surface area contributed by atoms with Crippen LogP contribution in [0.4, 0.5) is 5.13 Å². The number of nitrogens with one attached hydrogen (secondary N) is 1. The van der Waals surface area contributed by atoms with E-state index in [1.54, 1.807) is 12.1 Å². The standard InChI is InChI=1S/C11H11N3O3S/c15-9(7-3-1-5-16-7)12-11-14-13-10(18-11)8-4-2-6-17-8/h1,3,5,8H,2,4,6H2,(H,12,14,15)/t8-/m0/s1. The van der Waals surface area contributed by atoms with Gasteiger partial charge < -0.3 is 9.15 Å². The first-order valence-corrected chi connectivity index (χ1v) is 6.44. The van der Waals surface area contributed by atoms with Crippen LogP contribution in [0.2, 0.25) is 0 Å². The van der Waals surface area contributed by atoms with E-state index >= 15 is 0 Å². The van der Waals surface area contributed by atoms with E-state index in [9.17, 15) is 4.79 Å². The second kappa shape index (κ2) is 4.87. The van der Waals surface area contributed by atoms with Crippen LogP contribution < -0.4 is 5.32 Å². The van der Waals surface area contributed by atoms with E-state index in [-0.39, 0.29) is 17.8 Å². The molecule has 1 fully saturated rings. The third-order valence-corrected chi connectivity index (χ3v) is 3.54. The Kier molecular flexibility index (Phi) is 3.07. The van der Waals surface area contributed by atoms with Crippen LogP contribution in [0.15, 0.2) is 22.8 Å². The third kappa shape index (κ3) is 2.27. The molecule has 0 aromatic carbocycles. The first-order chi connectivity index (χ1) is 8.83. The van der Waals surface area contributed by atoms with E-state index < -0.39 is 0 Å². The fraction of sp³-hybridized carbons (Fsp3) is 0.364. The van der Waals surface area contributed by atoms with Gasteiger partial charge in [-0.05, 0) is 25.0 Å². The van der Waals surface area contributed by atoms with Gasteiger partial charge in [0.05, 0.1) is 6.26 Å². The SMILES string of the molecule is O=C(Nc1nnc([C@@H]2CCCO2)s1)c1ccco1. The van der Waals surface area contributed by atoms with Gasteiger partial charge in [0.15, 0.2) is 5.76 Å². The lowest BCUT2D eigenvalue weighted by Gasteiger charge is -2.02. The first-order valence-electron chi connectivity index (χ1n) is 5.63. The maximum absolute atomic E-state index is 11.7. The summed E-state index contributed by atoms with van der Waals surface area (Å²) in [5.74, 6) is -0.0705. The van der Waals surface area contributed by atoms with Crippen LogP contribution in [0.25, 0.3) is 0 Å². The van der Waals surface area contributed by atoms with Crippen molar-refractivity contribution in [3.05, 3.63) is 29.2 Å². The molecule has 0 bridgehead atoms. The zero-order valence-electron chi connectivity index (χ0n) is 9.46. The van der Waals surface area contributed by atoms with Gasteiger partial charge in [-0.25, -0.2) is 0 Å². The lowest BCUT2D eigenvalue weighted by Crippen LogP contribution is -2.10. The predicted octanol–water partition coefficient (Wildman–Crippen LogP) is 2.23. The zero-order chi connectivity index (χ0) is 12.4. The number of ether oxygens (including phenoxy) is 1. The summed E-state index contributed by atoms with van der Waals surface area (Å²) in [6.45, 7) is 0.762. The van der Waals surface area contributed by atoms with E-state index in [4.69, 9.17) is 9.15 Å². The van der Waals surface area contributed by atoms with Gasteiger partial charge in [0.1, 0.15) is 11.1 Å². The van der Waals surface area contributed by atoms with Crippen LogP contribution in [0, 0.1) is 0 Å². The van der Waals surface area contributed by atoms with E-state index in [1.807, 2.05) is 0 Å². The highest BCUT2D eigenvalue weighted by Crippen LogP contribution is 2.31. The second-order valence-electron chi connectivity index (χ2n) is 3.88. The molecule has 0 aliphatic carbocycles. The van der Waals surface area contributed by atoms with Crippen molar-refractivity contribution in [3.63, 3.8) is 0 Å². The van der Waals surface area contributed by atoms with Gasteiger partial charge in [-0.1, -0.05) is 11.3 Å². The Morgan fingerprint density at radius 3 is 3.17 bits per heavy atom. The van der Waals surface area contributed by atoms with Crippen LogP contribution in [0.1, 0.15) is 34.5 Å². The summed E-state index contributed by atoms with van der Waals surface area (Å²) in [4.78, 5) is 11.7. The number of hydrogen-bond acceptors (Lipinski definition) is 6. The monoisotopic (exact) mass is 265 g/mol. The third-order valence-electron chi connectivity index (χ3n) is 2.61. The highest BCUT2D eigenvalue weighted by Gasteiger charge is 2.22. The summed E-state index contributed by atoms with van der Waals surface area (Å²) in [7, 11) is 0. The van der Waals surface area contributed by atoms with E-state index in [0.29, 0.717) is 5.13 Å². The molecule has 7 heteroatoms. The Balaban J connectivity index is 1.68. The van der Waals surface area contributed by atoms with E-state index in [2.05, 4.69) is 15.5 Å². The lowest BCUT2D eigenvalue weighted by atomic mass is 10.2. The molecule has 1 N–H and O–H groups in total. The summed E-state index contributed by atoms with van der Waals surface area (Å²) in [6, 6.07) is 3.25. The fourth-order valence-corrected chi connectivity index (χ4v) is 2.58. The van der Waals surface area contributed by atoms with Crippen LogP contribution in [0.3, 0.4) is 0 Å². The average molecular weight is 265 g/mol. The molecule has 1 aliphatic rings. The van der Waals surface area contributed by atoms with Gasteiger partial charge >= 0.3 is 0 Å². The van der Waals surface area contributed by atoms with Crippen molar-refractivity contribution in [2.45, 2.75) is 18.9 Å². The lowest BCUT2D eigenvalue weighted by molar-refractivity contribution is 0.0996. The van der Waals surface area contributed by atoms with Crippen LogP contribution in [-0.4, -0.2) is 22.7 Å². The highest BCUT2D eigenvalue weighted by atomic mass is 32.1. The predicted molar refractivity (Wildman–Crippen MR) is 64.5 cm³/mol. The number of anilines is 1. The van der Waals surface area contributed by atoms with E-state index in [0.717, 1.165) is 24.5 Å². The highest BCUT2D eigenvalue weighted by molar-refractivity contribution is 7.15. The Labute approximate surface area is 107 Å². The van der Waals surface area contributed by atoms with Crippen molar-refractivity contribution in [1.29, 1.82) is 0 Å². The Bertz CT molecular complexity index is 531. The second-order valence-corrected chi connectivity index (χ2v) is 4.89. The summed E-state index contributed by atoms with van der Waals surface area (Å²) < 4.78 is 10.5. The number of nitrogens with zero attached hydrogens (tertiary/aromatic N) is 2. The van der Waals surface area contributed by atoms with Crippen LogP contribution in [0.5, 0.6) is 0 Å². The molecule has 1 aliphatic heterocycles. The molecular formula is C11H11N3O3S. The molecule has 0 saturated carbocycles. The molecular weight excluding hydrogens is 254 g/mol. The van der Waals surface area contributed by atoms with Crippen molar-refractivity contribution < 1.29 is 13.9 Å². The number of rotatable bonds is 3. The fourth-order valence-electron chi connectivity index (χ4n) is 1.75. The molecule has 2 aromatic heterocycles.